The molecule has 0 aromatic heterocycles. The van der Waals surface area contributed by atoms with Crippen LogP contribution in [-0.2, 0) is 47.4 Å². The van der Waals surface area contributed by atoms with E-state index in [0.29, 0.717) is 110 Å². The molecule has 53 heavy (non-hydrogen) atoms. The molecule has 0 aliphatic heterocycles. The Kier molecular flexibility index (Phi) is 29.1. The molecule has 15 heteroatoms. The van der Waals surface area contributed by atoms with E-state index in [-0.39, 0.29) is 62.0 Å². The van der Waals surface area contributed by atoms with Crippen LogP contribution in [0.4, 0.5) is 5.69 Å². The maximum atomic E-state index is 8.73. The van der Waals surface area contributed by atoms with Gasteiger partial charge in [-0.2, -0.15) is 0 Å². The van der Waals surface area contributed by atoms with Crippen LogP contribution in [0.25, 0.3) is 0 Å². The van der Waals surface area contributed by atoms with Crippen molar-refractivity contribution in [3.63, 3.8) is 0 Å². The Morgan fingerprint density at radius 3 is 1.15 bits per heavy atom. The molecule has 8 unspecified atom stereocenters. The summed E-state index contributed by atoms with van der Waals surface area (Å²) >= 11 is 0. The summed E-state index contributed by atoms with van der Waals surface area (Å²) < 4.78 is 68.9. The molecule has 0 radical (unpaired) electrons. The van der Waals surface area contributed by atoms with E-state index in [9.17, 15) is 0 Å². The summed E-state index contributed by atoms with van der Waals surface area (Å²) in [6.45, 7) is 21.2. The Bertz CT molecular complexity index is 994. The van der Waals surface area contributed by atoms with Crippen LogP contribution >= 0.6 is 0 Å². The first-order chi connectivity index (χ1) is 25.4. The third kappa shape index (κ3) is 27.4. The van der Waals surface area contributed by atoms with Crippen LogP contribution in [0.2, 0.25) is 0 Å². The van der Waals surface area contributed by atoms with Crippen molar-refractivity contribution in [3.8, 4) is 11.5 Å². The minimum Gasteiger partial charge on any atom is -0.491 e. The van der Waals surface area contributed by atoms with Crippen LogP contribution < -0.4 is 15.2 Å². The number of aliphatic hydroxyl groups excluding tert-OH is 2. The first-order valence-corrected chi connectivity index (χ1v) is 18.9. The predicted octanol–water partition coefficient (Wildman–Crippen LogP) is 3.29. The van der Waals surface area contributed by atoms with E-state index in [1.54, 1.807) is 18.2 Å². The molecule has 0 saturated carbocycles. The third-order valence-corrected chi connectivity index (χ3v) is 7.37. The van der Waals surface area contributed by atoms with E-state index in [1.165, 1.54) is 0 Å². The van der Waals surface area contributed by atoms with E-state index in [2.05, 4.69) is 0 Å². The summed E-state index contributed by atoms with van der Waals surface area (Å²) in [7, 11) is 0. The fourth-order valence-electron chi connectivity index (χ4n) is 4.28. The molecule has 312 valence electrons. The zero-order chi connectivity index (χ0) is 39.3. The quantitative estimate of drug-likeness (QED) is 0.0670. The lowest BCUT2D eigenvalue weighted by atomic mass is 10.2. The lowest BCUT2D eigenvalue weighted by Gasteiger charge is -2.22. The monoisotopic (exact) mass is 765 g/mol. The number of rotatable bonds is 36. The van der Waals surface area contributed by atoms with Crippen molar-refractivity contribution < 1.29 is 67.1 Å². The maximum absolute atomic E-state index is 8.73. The lowest BCUT2D eigenvalue weighted by molar-refractivity contribution is -0.0916. The van der Waals surface area contributed by atoms with Gasteiger partial charge in [0.15, 0.2) is 0 Å². The van der Waals surface area contributed by atoms with Crippen molar-refractivity contribution in [3.05, 3.63) is 18.2 Å². The number of hydrogen-bond donors (Lipinski definition) is 3. The largest absolute Gasteiger partial charge is 0.491 e. The number of nitrogens with two attached hydrogens (primary N) is 1. The predicted molar refractivity (Wildman–Crippen MR) is 201 cm³/mol. The van der Waals surface area contributed by atoms with Crippen LogP contribution in [0.5, 0.6) is 11.5 Å². The van der Waals surface area contributed by atoms with E-state index in [0.717, 1.165) is 0 Å². The molecular weight excluding hydrogens is 694 g/mol. The average molecular weight is 766 g/mol. The van der Waals surface area contributed by atoms with Crippen LogP contribution in [0, 0.1) is 0 Å². The molecule has 4 N–H and O–H groups in total. The second-order valence-electron chi connectivity index (χ2n) is 13.2. The van der Waals surface area contributed by atoms with E-state index in [1.807, 2.05) is 55.4 Å². The van der Waals surface area contributed by atoms with Gasteiger partial charge in [-0.05, 0) is 67.5 Å². The molecule has 1 rings (SSSR count). The molecule has 1 aromatic carbocycles. The average Bonchev–Trinajstić information content (AvgIpc) is 3.14. The number of ether oxygens (including phenoxy) is 12. The van der Waals surface area contributed by atoms with Crippen molar-refractivity contribution in [2.45, 2.75) is 104 Å². The van der Waals surface area contributed by atoms with Gasteiger partial charge in [0, 0.05) is 6.07 Å². The Balaban J connectivity index is 2.24. The van der Waals surface area contributed by atoms with Crippen molar-refractivity contribution in [1.29, 1.82) is 0 Å². The SMILES string of the molecule is CC(COc1ccc(N)c(OCC(C)OCC(C)OCC(C)OCC(C)OCCOCCO)c1)OCC(C)OCC(C)OCC(C)OCCOCCO. The van der Waals surface area contributed by atoms with Gasteiger partial charge in [0.25, 0.3) is 0 Å². The first kappa shape index (κ1) is 49.2. The lowest BCUT2D eigenvalue weighted by Crippen LogP contribution is -2.29. The van der Waals surface area contributed by atoms with Gasteiger partial charge in [0.1, 0.15) is 24.7 Å². The molecule has 15 nitrogen and oxygen atoms in total. The summed E-state index contributed by atoms with van der Waals surface area (Å²) in [5.74, 6) is 1.14. The molecular formula is C38H71NO14. The second kappa shape index (κ2) is 31.4. The summed E-state index contributed by atoms with van der Waals surface area (Å²) in [5.41, 5.74) is 6.67. The molecule has 0 saturated heterocycles. The number of anilines is 1. The summed E-state index contributed by atoms with van der Waals surface area (Å²) in [4.78, 5) is 0. The minimum atomic E-state index is -0.198. The Morgan fingerprint density at radius 1 is 0.434 bits per heavy atom. The van der Waals surface area contributed by atoms with Crippen LogP contribution in [-0.4, -0.2) is 165 Å². The van der Waals surface area contributed by atoms with Crippen LogP contribution in [0.1, 0.15) is 55.4 Å². The third-order valence-electron chi connectivity index (χ3n) is 7.37. The number of hydrogen-bond acceptors (Lipinski definition) is 15. The van der Waals surface area contributed by atoms with E-state index < -0.39 is 0 Å². The van der Waals surface area contributed by atoms with Crippen molar-refractivity contribution in [1.82, 2.24) is 0 Å². The Hall–Kier alpha value is -1.86. The van der Waals surface area contributed by atoms with Gasteiger partial charge in [-0.1, -0.05) is 0 Å². The molecule has 0 spiro atoms. The van der Waals surface area contributed by atoms with Gasteiger partial charge in [0.2, 0.25) is 0 Å². The highest BCUT2D eigenvalue weighted by Crippen LogP contribution is 2.27. The maximum Gasteiger partial charge on any atom is 0.146 e. The standard InChI is InChI=1S/C38H71NO14/c1-28(44-17-15-42-13-11-40)20-46-30(3)22-48-32(5)24-50-34(7)26-52-36-9-10-37(39)38(19-36)53-27-35(8)51-25-33(6)49-23-31(4)47-21-29(2)45-18-16-43-14-12-41/h9-10,19,28-35,40-41H,11-18,20-27,39H2,1-8H3. The van der Waals surface area contributed by atoms with Gasteiger partial charge >= 0.3 is 0 Å². The number of nitrogen functional groups attached to an aromatic ring is 1. The summed E-state index contributed by atoms with van der Waals surface area (Å²) in [5, 5.41) is 17.4. The molecule has 0 fully saturated rings. The summed E-state index contributed by atoms with van der Waals surface area (Å²) in [6, 6.07) is 5.32. The highest BCUT2D eigenvalue weighted by Gasteiger charge is 2.15. The first-order valence-electron chi connectivity index (χ1n) is 18.9. The van der Waals surface area contributed by atoms with Crippen molar-refractivity contribution >= 4 is 5.69 Å². The Morgan fingerprint density at radius 2 is 0.774 bits per heavy atom. The van der Waals surface area contributed by atoms with Crippen LogP contribution in [0.3, 0.4) is 0 Å². The number of benzene rings is 1. The van der Waals surface area contributed by atoms with Gasteiger partial charge in [0.05, 0.1) is 147 Å². The fraction of sp³-hybridized carbons (Fsp3) is 0.842. The second-order valence-corrected chi connectivity index (χ2v) is 13.2. The molecule has 0 aliphatic rings. The van der Waals surface area contributed by atoms with E-state index >= 15 is 0 Å². The minimum absolute atomic E-state index is 0.00422. The van der Waals surface area contributed by atoms with Crippen molar-refractivity contribution in [2.24, 2.45) is 0 Å². The van der Waals surface area contributed by atoms with Gasteiger partial charge in [-0.25, -0.2) is 0 Å². The highest BCUT2D eigenvalue weighted by molar-refractivity contribution is 5.55. The zero-order valence-electron chi connectivity index (χ0n) is 33.5. The molecule has 1 aromatic rings. The zero-order valence-corrected chi connectivity index (χ0v) is 33.5. The smallest absolute Gasteiger partial charge is 0.146 e. The summed E-state index contributed by atoms with van der Waals surface area (Å²) in [6.07, 6.45) is -0.964. The normalized spacial score (nSPS) is 16.4. The van der Waals surface area contributed by atoms with Crippen LogP contribution in [0.15, 0.2) is 18.2 Å². The molecule has 8 atom stereocenters. The van der Waals surface area contributed by atoms with Gasteiger partial charge in [-0.15, -0.1) is 0 Å². The van der Waals surface area contributed by atoms with Gasteiger partial charge in [-0.3, -0.25) is 0 Å². The molecule has 0 amide bonds. The number of aliphatic hydroxyl groups is 2. The fourth-order valence-corrected chi connectivity index (χ4v) is 4.28. The molecule has 0 aliphatic carbocycles. The van der Waals surface area contributed by atoms with E-state index in [4.69, 9.17) is 72.8 Å². The highest BCUT2D eigenvalue weighted by atomic mass is 16.6. The Labute approximate surface area is 317 Å². The topological polar surface area (TPSA) is 177 Å². The molecule has 0 bridgehead atoms. The molecule has 0 heterocycles. The van der Waals surface area contributed by atoms with Crippen molar-refractivity contribution in [2.75, 3.05) is 111 Å². The van der Waals surface area contributed by atoms with Gasteiger partial charge < -0.3 is 72.8 Å².